The molecular formula is C22H20F2O8. The van der Waals surface area contributed by atoms with Crippen LogP contribution in [0.2, 0.25) is 0 Å². The molecule has 1 heterocycles. The summed E-state index contributed by atoms with van der Waals surface area (Å²) in [6.07, 6.45) is -0.328. The van der Waals surface area contributed by atoms with Crippen LogP contribution in [-0.2, 0) is 9.53 Å². The molecule has 2 aromatic rings. The molecule has 0 atom stereocenters. The van der Waals surface area contributed by atoms with Crippen LogP contribution in [0.1, 0.15) is 33.6 Å². The molecule has 0 N–H and O–H groups in total. The second-order valence-corrected chi connectivity index (χ2v) is 6.61. The summed E-state index contributed by atoms with van der Waals surface area (Å²) in [5, 5.41) is 0. The minimum atomic E-state index is -3.05. The van der Waals surface area contributed by atoms with E-state index >= 15 is 0 Å². The number of benzene rings is 2. The van der Waals surface area contributed by atoms with Crippen molar-refractivity contribution in [2.24, 2.45) is 0 Å². The highest BCUT2D eigenvalue weighted by Crippen LogP contribution is 2.31. The number of carbonyl (C=O) groups is 3. The van der Waals surface area contributed by atoms with Crippen LogP contribution >= 0.6 is 0 Å². The standard InChI is InChI=1S/C22H20F2O8/c1-28-19-10-14(3-6-18(19)32-22(23)24)16(26)12-31-21(27)7-4-15(25)13-2-5-17-20(11-13)30-9-8-29-17/h2-3,5-6,10-11,22H,4,7-9,12H2,1H3. The number of hydrogen-bond acceptors (Lipinski definition) is 8. The number of rotatable bonds is 10. The number of carbonyl (C=O) groups excluding carboxylic acids is 3. The monoisotopic (exact) mass is 450 g/mol. The zero-order valence-corrected chi connectivity index (χ0v) is 17.1. The van der Waals surface area contributed by atoms with Crippen LogP contribution in [0, 0.1) is 0 Å². The summed E-state index contributed by atoms with van der Waals surface area (Å²) in [7, 11) is 1.24. The van der Waals surface area contributed by atoms with Crippen LogP contribution in [0.15, 0.2) is 36.4 Å². The van der Waals surface area contributed by atoms with Gasteiger partial charge in [-0.05, 0) is 36.4 Å². The largest absolute Gasteiger partial charge is 0.493 e. The van der Waals surface area contributed by atoms with Gasteiger partial charge in [0, 0.05) is 17.5 Å². The fraction of sp³-hybridized carbons (Fsp3) is 0.318. The Kier molecular flexibility index (Phi) is 7.58. The third-order valence-corrected chi connectivity index (χ3v) is 4.49. The Balaban J connectivity index is 1.49. The van der Waals surface area contributed by atoms with E-state index in [1.54, 1.807) is 18.2 Å². The number of halogens is 2. The maximum absolute atomic E-state index is 12.4. The summed E-state index contributed by atoms with van der Waals surface area (Å²) < 4.78 is 49.7. The maximum Gasteiger partial charge on any atom is 0.387 e. The molecule has 0 unspecified atom stereocenters. The van der Waals surface area contributed by atoms with Crippen molar-refractivity contribution < 1.29 is 46.8 Å². The normalized spacial score (nSPS) is 12.2. The van der Waals surface area contributed by atoms with E-state index in [0.29, 0.717) is 30.3 Å². The maximum atomic E-state index is 12.4. The molecule has 0 spiro atoms. The smallest absolute Gasteiger partial charge is 0.387 e. The highest BCUT2D eigenvalue weighted by Gasteiger charge is 2.18. The molecule has 170 valence electrons. The molecule has 1 aliphatic heterocycles. The number of ketones is 2. The molecule has 0 fully saturated rings. The average molecular weight is 450 g/mol. The van der Waals surface area contributed by atoms with E-state index < -0.39 is 25.0 Å². The van der Waals surface area contributed by atoms with Gasteiger partial charge in [-0.25, -0.2) is 0 Å². The predicted octanol–water partition coefficient (Wildman–Crippen LogP) is 3.46. The van der Waals surface area contributed by atoms with Gasteiger partial charge >= 0.3 is 12.6 Å². The molecule has 0 saturated carbocycles. The highest BCUT2D eigenvalue weighted by molar-refractivity contribution is 5.99. The Hall–Kier alpha value is -3.69. The number of alkyl halides is 2. The second kappa shape index (κ2) is 10.6. The Morgan fingerprint density at radius 1 is 0.906 bits per heavy atom. The van der Waals surface area contributed by atoms with Gasteiger partial charge in [0.05, 0.1) is 13.5 Å². The molecular weight excluding hydrogens is 430 g/mol. The first-order chi connectivity index (χ1) is 15.4. The first-order valence-electron chi connectivity index (χ1n) is 9.62. The Morgan fingerprint density at radius 3 is 2.31 bits per heavy atom. The molecule has 2 aromatic carbocycles. The molecule has 3 rings (SSSR count). The van der Waals surface area contributed by atoms with Gasteiger partial charge in [0.2, 0.25) is 0 Å². The zero-order chi connectivity index (χ0) is 23.1. The van der Waals surface area contributed by atoms with Crippen molar-refractivity contribution in [2.45, 2.75) is 19.5 Å². The molecule has 1 aliphatic rings. The number of methoxy groups -OCH3 is 1. The van der Waals surface area contributed by atoms with E-state index in [1.165, 1.54) is 19.2 Å². The quantitative estimate of drug-likeness (QED) is 0.401. The summed E-state index contributed by atoms with van der Waals surface area (Å²) in [4.78, 5) is 36.5. The lowest BCUT2D eigenvalue weighted by atomic mass is 10.1. The summed E-state index contributed by atoms with van der Waals surface area (Å²) in [5.41, 5.74) is 0.458. The molecule has 0 saturated heterocycles. The Labute approximate surface area is 182 Å². The van der Waals surface area contributed by atoms with E-state index in [4.69, 9.17) is 18.9 Å². The first kappa shape index (κ1) is 23.0. The summed E-state index contributed by atoms with van der Waals surface area (Å²) in [5.74, 6) is -0.857. The predicted molar refractivity (Wildman–Crippen MR) is 106 cm³/mol. The van der Waals surface area contributed by atoms with Gasteiger partial charge in [0.25, 0.3) is 0 Å². The average Bonchev–Trinajstić information content (AvgIpc) is 2.80. The number of ether oxygens (including phenoxy) is 5. The van der Waals surface area contributed by atoms with Crippen LogP contribution in [0.25, 0.3) is 0 Å². The number of fused-ring (bicyclic) bond motifs is 1. The lowest BCUT2D eigenvalue weighted by molar-refractivity contribution is -0.142. The fourth-order valence-electron chi connectivity index (χ4n) is 2.91. The van der Waals surface area contributed by atoms with Crippen LogP contribution in [0.5, 0.6) is 23.0 Å². The molecule has 0 amide bonds. The minimum Gasteiger partial charge on any atom is -0.493 e. The molecule has 8 nitrogen and oxygen atoms in total. The van der Waals surface area contributed by atoms with Gasteiger partial charge in [-0.1, -0.05) is 0 Å². The van der Waals surface area contributed by atoms with Gasteiger partial charge in [-0.2, -0.15) is 8.78 Å². The summed E-state index contributed by atoms with van der Waals surface area (Å²) in [6.45, 7) is -2.80. The lowest BCUT2D eigenvalue weighted by Crippen LogP contribution is -2.16. The van der Waals surface area contributed by atoms with Crippen LogP contribution < -0.4 is 18.9 Å². The van der Waals surface area contributed by atoms with E-state index in [9.17, 15) is 23.2 Å². The number of esters is 1. The van der Waals surface area contributed by atoms with Crippen molar-refractivity contribution in [3.63, 3.8) is 0 Å². The van der Waals surface area contributed by atoms with Crippen molar-refractivity contribution in [1.82, 2.24) is 0 Å². The van der Waals surface area contributed by atoms with Crippen LogP contribution in [0.3, 0.4) is 0 Å². The van der Waals surface area contributed by atoms with E-state index in [0.717, 1.165) is 6.07 Å². The van der Waals surface area contributed by atoms with E-state index in [1.807, 2.05) is 0 Å². The van der Waals surface area contributed by atoms with Gasteiger partial charge in [-0.15, -0.1) is 0 Å². The molecule has 32 heavy (non-hydrogen) atoms. The van der Waals surface area contributed by atoms with Crippen molar-refractivity contribution in [1.29, 1.82) is 0 Å². The Bertz CT molecular complexity index is 1010. The van der Waals surface area contributed by atoms with E-state index in [2.05, 4.69) is 4.74 Å². The molecule has 0 radical (unpaired) electrons. The zero-order valence-electron chi connectivity index (χ0n) is 17.1. The van der Waals surface area contributed by atoms with Crippen molar-refractivity contribution >= 4 is 17.5 Å². The van der Waals surface area contributed by atoms with Crippen LogP contribution in [-0.4, -0.2) is 51.1 Å². The molecule has 0 bridgehead atoms. The fourth-order valence-corrected chi connectivity index (χ4v) is 2.91. The highest BCUT2D eigenvalue weighted by atomic mass is 19.3. The molecule has 0 aliphatic carbocycles. The van der Waals surface area contributed by atoms with Gasteiger partial charge in [0.15, 0.2) is 41.2 Å². The molecule has 0 aromatic heterocycles. The number of hydrogen-bond donors (Lipinski definition) is 0. The van der Waals surface area contributed by atoms with Crippen molar-refractivity contribution in [3.8, 4) is 23.0 Å². The third-order valence-electron chi connectivity index (χ3n) is 4.49. The Morgan fingerprint density at radius 2 is 1.59 bits per heavy atom. The van der Waals surface area contributed by atoms with Crippen molar-refractivity contribution in [2.75, 3.05) is 26.9 Å². The minimum absolute atomic E-state index is 0.0625. The van der Waals surface area contributed by atoms with Gasteiger partial charge in [0.1, 0.15) is 13.2 Å². The third kappa shape index (κ3) is 5.93. The second-order valence-electron chi connectivity index (χ2n) is 6.61. The van der Waals surface area contributed by atoms with Crippen molar-refractivity contribution in [3.05, 3.63) is 47.5 Å². The topological polar surface area (TPSA) is 97.4 Å². The summed E-state index contributed by atoms with van der Waals surface area (Å²) >= 11 is 0. The SMILES string of the molecule is COc1cc(C(=O)COC(=O)CCC(=O)c2ccc3c(c2)OCCO3)ccc1OC(F)F. The summed E-state index contributed by atoms with van der Waals surface area (Å²) in [6, 6.07) is 8.39. The van der Waals surface area contributed by atoms with E-state index in [-0.39, 0.29) is 35.7 Å². The van der Waals surface area contributed by atoms with Crippen LogP contribution in [0.4, 0.5) is 8.78 Å². The number of Topliss-reactive ketones (excluding diaryl/α,β-unsaturated/α-hetero) is 2. The van der Waals surface area contributed by atoms with Gasteiger partial charge < -0.3 is 23.7 Å². The first-order valence-corrected chi connectivity index (χ1v) is 9.62. The molecule has 10 heteroatoms. The van der Waals surface area contributed by atoms with Gasteiger partial charge in [-0.3, -0.25) is 14.4 Å². The lowest BCUT2D eigenvalue weighted by Gasteiger charge is -2.18.